The maximum Gasteiger partial charge on any atom is 0.0667 e. The van der Waals surface area contributed by atoms with Crippen molar-refractivity contribution in [2.75, 3.05) is 5.75 Å². The van der Waals surface area contributed by atoms with Crippen LogP contribution in [0.1, 0.15) is 33.6 Å². The molecule has 13 heavy (non-hydrogen) atoms. The van der Waals surface area contributed by atoms with E-state index in [0.29, 0.717) is 9.91 Å². The summed E-state index contributed by atoms with van der Waals surface area (Å²) in [5.41, 5.74) is 0. The molecule has 0 aromatic rings. The molecule has 0 heterocycles. The molecular formula is C10H24S2Si. The molecule has 1 unspecified atom stereocenters. The van der Waals surface area contributed by atoms with E-state index in [4.69, 9.17) is 12.6 Å². The average molecular weight is 237 g/mol. The number of rotatable bonds is 4. The molecule has 3 heteroatoms. The van der Waals surface area contributed by atoms with Crippen LogP contribution in [0.2, 0.25) is 18.1 Å². The monoisotopic (exact) mass is 236 g/mol. The Labute approximate surface area is 95.7 Å². The SMILES string of the molecule is CC(C)(C)[Si](C)(C)C(S)CCCS. The smallest absolute Gasteiger partial charge is 0.0667 e. The summed E-state index contributed by atoms with van der Waals surface area (Å²) >= 11 is 9.01. The van der Waals surface area contributed by atoms with E-state index in [9.17, 15) is 0 Å². The van der Waals surface area contributed by atoms with E-state index in [1.165, 1.54) is 12.8 Å². The largest absolute Gasteiger partial charge is 0.179 e. The van der Waals surface area contributed by atoms with Gasteiger partial charge in [-0.15, -0.1) is 0 Å². The highest BCUT2D eigenvalue weighted by atomic mass is 32.1. The van der Waals surface area contributed by atoms with Crippen molar-refractivity contribution in [2.45, 2.75) is 56.6 Å². The summed E-state index contributed by atoms with van der Waals surface area (Å²) < 4.78 is 0. The first-order valence-corrected chi connectivity index (χ1v) is 9.25. The molecule has 80 valence electrons. The number of hydrogen-bond acceptors (Lipinski definition) is 2. The first-order chi connectivity index (χ1) is 5.73. The molecule has 0 fully saturated rings. The predicted octanol–water partition coefficient (Wildman–Crippen LogP) is 4.04. The van der Waals surface area contributed by atoms with Gasteiger partial charge in [0.1, 0.15) is 0 Å². The van der Waals surface area contributed by atoms with Crippen LogP contribution in [-0.2, 0) is 0 Å². The second kappa shape index (κ2) is 5.13. The third kappa shape index (κ3) is 3.88. The van der Waals surface area contributed by atoms with Gasteiger partial charge in [-0.3, -0.25) is 0 Å². The highest BCUT2D eigenvalue weighted by Gasteiger charge is 2.39. The van der Waals surface area contributed by atoms with E-state index in [2.05, 4.69) is 46.5 Å². The number of hydrogen-bond donors (Lipinski definition) is 2. The minimum atomic E-state index is -1.22. The zero-order valence-corrected chi connectivity index (χ0v) is 12.4. The molecule has 0 aromatic carbocycles. The first kappa shape index (κ1) is 13.9. The Hall–Kier alpha value is 0.917. The normalized spacial score (nSPS) is 15.9. The van der Waals surface area contributed by atoms with Gasteiger partial charge >= 0.3 is 0 Å². The Morgan fingerprint density at radius 3 is 2.00 bits per heavy atom. The quantitative estimate of drug-likeness (QED) is 0.534. The van der Waals surface area contributed by atoms with Crippen LogP contribution in [0.3, 0.4) is 0 Å². The molecule has 0 amide bonds. The van der Waals surface area contributed by atoms with Crippen molar-refractivity contribution in [1.29, 1.82) is 0 Å². The summed E-state index contributed by atoms with van der Waals surface area (Å²) in [5, 5.41) is 0.454. The van der Waals surface area contributed by atoms with Crippen LogP contribution in [0.5, 0.6) is 0 Å². The van der Waals surface area contributed by atoms with Crippen LogP contribution in [0, 0.1) is 0 Å². The maximum atomic E-state index is 4.77. The maximum absolute atomic E-state index is 4.77. The molecule has 0 N–H and O–H groups in total. The van der Waals surface area contributed by atoms with Gasteiger partial charge in [0.15, 0.2) is 0 Å². The first-order valence-electron chi connectivity index (χ1n) is 5.02. The minimum absolute atomic E-state index is 0.454. The van der Waals surface area contributed by atoms with Crippen molar-refractivity contribution < 1.29 is 0 Å². The lowest BCUT2D eigenvalue weighted by atomic mass is 10.2. The molecule has 0 rings (SSSR count). The van der Waals surface area contributed by atoms with Gasteiger partial charge < -0.3 is 0 Å². The van der Waals surface area contributed by atoms with Gasteiger partial charge in [0.05, 0.1) is 8.07 Å². The Balaban J connectivity index is 4.27. The third-order valence-corrected chi connectivity index (χ3v) is 11.7. The van der Waals surface area contributed by atoms with Crippen molar-refractivity contribution in [3.8, 4) is 0 Å². The average Bonchev–Trinajstić information content (AvgIpc) is 1.97. The third-order valence-electron chi connectivity index (χ3n) is 3.40. The van der Waals surface area contributed by atoms with Crippen molar-refractivity contribution >= 4 is 33.3 Å². The van der Waals surface area contributed by atoms with E-state index < -0.39 is 8.07 Å². The van der Waals surface area contributed by atoms with Gasteiger partial charge in [-0.2, -0.15) is 25.3 Å². The molecule has 0 saturated heterocycles. The van der Waals surface area contributed by atoms with Gasteiger partial charge in [-0.1, -0.05) is 33.9 Å². The zero-order valence-electron chi connectivity index (χ0n) is 9.59. The number of thiol groups is 2. The Morgan fingerprint density at radius 2 is 1.69 bits per heavy atom. The van der Waals surface area contributed by atoms with Crippen molar-refractivity contribution in [3.63, 3.8) is 0 Å². The fraction of sp³-hybridized carbons (Fsp3) is 1.00. The Bertz CT molecular complexity index is 149. The fourth-order valence-corrected chi connectivity index (χ4v) is 4.60. The van der Waals surface area contributed by atoms with E-state index in [1.54, 1.807) is 0 Å². The molecule has 0 nitrogen and oxygen atoms in total. The molecular weight excluding hydrogens is 212 g/mol. The van der Waals surface area contributed by atoms with Crippen molar-refractivity contribution in [2.24, 2.45) is 0 Å². The summed E-state index contributed by atoms with van der Waals surface area (Å²) in [7, 11) is -1.22. The van der Waals surface area contributed by atoms with Gasteiger partial charge in [0.25, 0.3) is 0 Å². The van der Waals surface area contributed by atoms with E-state index in [0.717, 1.165) is 5.75 Å². The van der Waals surface area contributed by atoms with E-state index in [1.807, 2.05) is 0 Å². The standard InChI is InChI=1S/C10H24S2Si/c1-10(2,3)13(4,5)9(12)7-6-8-11/h9,11-12H,6-8H2,1-5H3. The molecule has 0 spiro atoms. The Morgan fingerprint density at radius 1 is 1.23 bits per heavy atom. The summed E-state index contributed by atoms with van der Waals surface area (Å²) in [6.45, 7) is 11.9. The molecule has 0 aromatic heterocycles. The van der Waals surface area contributed by atoms with Crippen molar-refractivity contribution in [1.82, 2.24) is 0 Å². The molecule has 0 aliphatic carbocycles. The predicted molar refractivity (Wildman–Crippen MR) is 73.1 cm³/mol. The lowest BCUT2D eigenvalue weighted by Gasteiger charge is -2.41. The van der Waals surface area contributed by atoms with Crippen LogP contribution >= 0.6 is 25.3 Å². The van der Waals surface area contributed by atoms with Gasteiger partial charge in [-0.25, -0.2) is 0 Å². The van der Waals surface area contributed by atoms with Crippen LogP contribution in [0.4, 0.5) is 0 Å². The van der Waals surface area contributed by atoms with Gasteiger partial charge in [-0.05, 0) is 28.5 Å². The summed E-state index contributed by atoms with van der Waals surface area (Å²) in [6, 6.07) is 0. The highest BCUT2D eigenvalue weighted by Crippen LogP contribution is 2.41. The Kier molecular flexibility index (Phi) is 5.49. The van der Waals surface area contributed by atoms with Gasteiger partial charge in [0.2, 0.25) is 0 Å². The molecule has 0 radical (unpaired) electrons. The summed E-state index contributed by atoms with van der Waals surface area (Å²) in [4.78, 5) is 0.611. The topological polar surface area (TPSA) is 0 Å². The van der Waals surface area contributed by atoms with Crippen LogP contribution in [0.15, 0.2) is 0 Å². The van der Waals surface area contributed by atoms with Crippen LogP contribution in [0.25, 0.3) is 0 Å². The molecule has 0 aliphatic rings. The van der Waals surface area contributed by atoms with E-state index in [-0.39, 0.29) is 0 Å². The minimum Gasteiger partial charge on any atom is -0.179 e. The second-order valence-electron chi connectivity index (χ2n) is 5.35. The highest BCUT2D eigenvalue weighted by molar-refractivity contribution is 7.83. The molecule has 0 aliphatic heterocycles. The molecule has 0 saturated carbocycles. The second-order valence-corrected chi connectivity index (χ2v) is 12.6. The zero-order chi connectivity index (χ0) is 10.7. The van der Waals surface area contributed by atoms with Gasteiger partial charge in [0, 0.05) is 0 Å². The fourth-order valence-electron chi connectivity index (χ4n) is 1.15. The van der Waals surface area contributed by atoms with Crippen LogP contribution < -0.4 is 0 Å². The van der Waals surface area contributed by atoms with E-state index >= 15 is 0 Å². The van der Waals surface area contributed by atoms with Crippen LogP contribution in [-0.4, -0.2) is 18.7 Å². The molecule has 1 atom stereocenters. The summed E-state index contributed by atoms with van der Waals surface area (Å²) in [5.74, 6) is 0.992. The molecule has 0 bridgehead atoms. The summed E-state index contributed by atoms with van der Waals surface area (Å²) in [6.07, 6.45) is 2.42. The van der Waals surface area contributed by atoms with Crippen molar-refractivity contribution in [3.05, 3.63) is 0 Å². The lowest BCUT2D eigenvalue weighted by Crippen LogP contribution is -2.46. The lowest BCUT2D eigenvalue weighted by molar-refractivity contribution is 0.697.